The average Bonchev–Trinajstić information content (AvgIpc) is 3.20. The van der Waals surface area contributed by atoms with Crippen molar-refractivity contribution in [3.63, 3.8) is 0 Å². The maximum atomic E-state index is 12.9. The molecule has 3 aliphatic heterocycles. The highest BCUT2D eigenvalue weighted by Gasteiger charge is 2.38. The predicted octanol–water partition coefficient (Wildman–Crippen LogP) is 1.62. The summed E-state index contributed by atoms with van der Waals surface area (Å²) in [7, 11) is -3.52. The number of carbonyl (C=O) groups is 2. The van der Waals surface area contributed by atoms with Gasteiger partial charge in [-0.25, -0.2) is 8.42 Å². The zero-order chi connectivity index (χ0) is 22.9. The molecule has 8 nitrogen and oxygen atoms in total. The number of piperidine rings is 1. The lowest BCUT2D eigenvalue weighted by atomic mass is 10.0. The summed E-state index contributed by atoms with van der Waals surface area (Å²) in [5, 5.41) is 0. The maximum Gasteiger partial charge on any atom is 0.243 e. The minimum atomic E-state index is -3.52. The van der Waals surface area contributed by atoms with Gasteiger partial charge in [0.15, 0.2) is 0 Å². The van der Waals surface area contributed by atoms with Crippen molar-refractivity contribution < 1.29 is 18.0 Å². The van der Waals surface area contributed by atoms with Gasteiger partial charge in [0.05, 0.1) is 10.8 Å². The van der Waals surface area contributed by atoms with E-state index in [1.54, 1.807) is 33.5 Å². The van der Waals surface area contributed by atoms with E-state index in [-0.39, 0.29) is 29.0 Å². The number of rotatable bonds is 5. The molecule has 3 aliphatic rings. The van der Waals surface area contributed by atoms with Crippen LogP contribution in [0.15, 0.2) is 29.2 Å². The molecule has 3 saturated heterocycles. The van der Waals surface area contributed by atoms with Gasteiger partial charge in [-0.05, 0) is 49.6 Å². The van der Waals surface area contributed by atoms with Gasteiger partial charge < -0.3 is 14.7 Å². The lowest BCUT2D eigenvalue weighted by Gasteiger charge is -2.35. The van der Waals surface area contributed by atoms with Crippen LogP contribution in [0.2, 0.25) is 0 Å². The molecule has 9 heteroatoms. The van der Waals surface area contributed by atoms with Gasteiger partial charge in [0, 0.05) is 57.9 Å². The summed E-state index contributed by atoms with van der Waals surface area (Å²) in [5.74, 6) is 0.178. The quantitative estimate of drug-likeness (QED) is 0.664. The monoisotopic (exact) mass is 462 g/mol. The van der Waals surface area contributed by atoms with Gasteiger partial charge in [0.25, 0.3) is 0 Å². The van der Waals surface area contributed by atoms with Gasteiger partial charge in [-0.2, -0.15) is 4.31 Å². The Morgan fingerprint density at radius 2 is 1.62 bits per heavy atom. The number of hydrogen-bond donors (Lipinski definition) is 0. The molecular weight excluding hydrogens is 428 g/mol. The number of nitrogens with zero attached hydrogens (tertiary/aromatic N) is 4. The molecule has 0 aromatic heterocycles. The molecule has 0 radical (unpaired) electrons. The zero-order valence-corrected chi connectivity index (χ0v) is 19.9. The summed E-state index contributed by atoms with van der Waals surface area (Å²) in [6.45, 7) is 9.86. The summed E-state index contributed by atoms with van der Waals surface area (Å²) in [6, 6.07) is 6.53. The second kappa shape index (κ2) is 9.49. The normalized spacial score (nSPS) is 24.3. The first kappa shape index (κ1) is 23.2. The Bertz CT molecular complexity index is 933. The first-order valence-electron chi connectivity index (χ1n) is 11.7. The largest absolute Gasteiger partial charge is 0.340 e. The van der Waals surface area contributed by atoms with Crippen LogP contribution >= 0.6 is 0 Å². The molecule has 1 atom stereocenters. The van der Waals surface area contributed by atoms with Crippen molar-refractivity contribution >= 4 is 27.5 Å². The van der Waals surface area contributed by atoms with Crippen molar-refractivity contribution in [3.05, 3.63) is 24.3 Å². The highest BCUT2D eigenvalue weighted by atomic mass is 32.2. The number of carbonyl (C=O) groups excluding carboxylic acids is 2. The standard InChI is InChI=1S/C23H34N4O4S/c1-3-24-12-14-25(15-13-24)23(29)19-16-22(28)27(17-19)20-4-6-21(7-5-20)32(30,31)26-10-8-18(2)9-11-26/h4-7,18-19H,3,8-17H2,1-2H3/t19-/m0/s1. The van der Waals surface area contributed by atoms with Crippen LogP contribution in [0.1, 0.15) is 33.1 Å². The fraction of sp³-hybridized carbons (Fsp3) is 0.652. The smallest absolute Gasteiger partial charge is 0.243 e. The number of anilines is 1. The Balaban J connectivity index is 1.40. The maximum absolute atomic E-state index is 12.9. The third kappa shape index (κ3) is 4.70. The molecule has 0 aliphatic carbocycles. The van der Waals surface area contributed by atoms with E-state index < -0.39 is 10.0 Å². The van der Waals surface area contributed by atoms with Crippen LogP contribution in [0.3, 0.4) is 0 Å². The molecule has 3 fully saturated rings. The van der Waals surface area contributed by atoms with Crippen molar-refractivity contribution in [1.82, 2.24) is 14.1 Å². The molecular formula is C23H34N4O4S. The molecule has 0 bridgehead atoms. The number of hydrogen-bond acceptors (Lipinski definition) is 5. The molecule has 176 valence electrons. The van der Waals surface area contributed by atoms with Gasteiger partial charge in [0.1, 0.15) is 0 Å². The summed E-state index contributed by atoms with van der Waals surface area (Å²) in [4.78, 5) is 31.7. The van der Waals surface area contributed by atoms with Crippen molar-refractivity contribution in [3.8, 4) is 0 Å². The second-order valence-corrected chi connectivity index (χ2v) is 11.2. The van der Waals surface area contributed by atoms with Crippen molar-refractivity contribution in [2.75, 3.05) is 57.3 Å². The van der Waals surface area contributed by atoms with Gasteiger partial charge in [-0.15, -0.1) is 0 Å². The van der Waals surface area contributed by atoms with Crippen molar-refractivity contribution in [2.24, 2.45) is 11.8 Å². The van der Waals surface area contributed by atoms with E-state index in [0.29, 0.717) is 44.3 Å². The van der Waals surface area contributed by atoms with E-state index in [0.717, 1.165) is 32.5 Å². The third-order valence-electron chi connectivity index (χ3n) is 7.13. The number of amides is 2. The Morgan fingerprint density at radius 3 is 2.22 bits per heavy atom. The summed E-state index contributed by atoms with van der Waals surface area (Å²) in [5.41, 5.74) is 0.646. The topological polar surface area (TPSA) is 81.2 Å². The number of likely N-dealkylation sites (N-methyl/N-ethyl adjacent to an activating group) is 1. The fourth-order valence-electron chi connectivity index (χ4n) is 4.84. The highest BCUT2D eigenvalue weighted by molar-refractivity contribution is 7.89. The SMILES string of the molecule is CCN1CCN(C(=O)[C@H]2CC(=O)N(c3ccc(S(=O)(=O)N4CCC(C)CC4)cc3)C2)CC1. The predicted molar refractivity (Wildman–Crippen MR) is 123 cm³/mol. The molecule has 3 heterocycles. The van der Waals surface area contributed by atoms with Crippen LogP contribution in [0.5, 0.6) is 0 Å². The minimum absolute atomic E-state index is 0.0510. The van der Waals surface area contributed by atoms with Crippen molar-refractivity contribution in [2.45, 2.75) is 38.0 Å². The molecule has 4 rings (SSSR count). The van der Waals surface area contributed by atoms with E-state index in [1.807, 2.05) is 4.90 Å². The highest BCUT2D eigenvalue weighted by Crippen LogP contribution is 2.29. The van der Waals surface area contributed by atoms with E-state index in [2.05, 4.69) is 18.7 Å². The second-order valence-electron chi connectivity index (χ2n) is 9.25. The van der Waals surface area contributed by atoms with Crippen LogP contribution in [0.25, 0.3) is 0 Å². The average molecular weight is 463 g/mol. The van der Waals surface area contributed by atoms with E-state index >= 15 is 0 Å². The number of benzene rings is 1. The molecule has 1 aromatic carbocycles. The first-order valence-corrected chi connectivity index (χ1v) is 13.2. The lowest BCUT2D eigenvalue weighted by molar-refractivity contribution is -0.137. The Kier molecular flexibility index (Phi) is 6.88. The molecule has 2 amide bonds. The van der Waals surface area contributed by atoms with E-state index in [1.165, 1.54) is 0 Å². The van der Waals surface area contributed by atoms with Gasteiger partial charge >= 0.3 is 0 Å². The molecule has 0 unspecified atom stereocenters. The summed E-state index contributed by atoms with van der Waals surface area (Å²) < 4.78 is 27.4. The Labute approximate surface area is 191 Å². The number of sulfonamides is 1. The summed E-state index contributed by atoms with van der Waals surface area (Å²) in [6.07, 6.45) is 1.96. The molecule has 1 aromatic rings. The van der Waals surface area contributed by atoms with Gasteiger partial charge in [-0.3, -0.25) is 9.59 Å². The van der Waals surface area contributed by atoms with Crippen LogP contribution in [-0.2, 0) is 19.6 Å². The van der Waals surface area contributed by atoms with Crippen LogP contribution in [0, 0.1) is 11.8 Å². The molecule has 32 heavy (non-hydrogen) atoms. The third-order valence-corrected chi connectivity index (χ3v) is 9.05. The van der Waals surface area contributed by atoms with Gasteiger partial charge in [0.2, 0.25) is 21.8 Å². The fourth-order valence-corrected chi connectivity index (χ4v) is 6.31. The van der Waals surface area contributed by atoms with Crippen LogP contribution in [-0.4, -0.2) is 86.7 Å². The molecule has 0 spiro atoms. The minimum Gasteiger partial charge on any atom is -0.340 e. The Morgan fingerprint density at radius 1 is 1.00 bits per heavy atom. The van der Waals surface area contributed by atoms with Crippen LogP contribution < -0.4 is 4.90 Å². The lowest BCUT2D eigenvalue weighted by Crippen LogP contribution is -2.50. The first-order chi connectivity index (χ1) is 15.3. The van der Waals surface area contributed by atoms with E-state index in [4.69, 9.17) is 0 Å². The summed E-state index contributed by atoms with van der Waals surface area (Å²) >= 11 is 0. The van der Waals surface area contributed by atoms with Crippen molar-refractivity contribution in [1.29, 1.82) is 0 Å². The van der Waals surface area contributed by atoms with Crippen LogP contribution in [0.4, 0.5) is 5.69 Å². The zero-order valence-electron chi connectivity index (χ0n) is 19.1. The van der Waals surface area contributed by atoms with Gasteiger partial charge in [-0.1, -0.05) is 13.8 Å². The molecule has 0 saturated carbocycles. The van der Waals surface area contributed by atoms with E-state index in [9.17, 15) is 18.0 Å². The Hall–Kier alpha value is -1.97. The molecule has 0 N–H and O–H groups in total. The number of piperazine rings is 1.